The molecule has 0 aromatic carbocycles. The summed E-state index contributed by atoms with van der Waals surface area (Å²) in [4.78, 5) is 159. The van der Waals surface area contributed by atoms with Crippen LogP contribution >= 0.6 is 0 Å². The van der Waals surface area contributed by atoms with Gasteiger partial charge in [-0.25, -0.2) is 19.2 Å². The summed E-state index contributed by atoms with van der Waals surface area (Å²) in [6, 6.07) is -10.9. The minimum atomic E-state index is -1.42. The lowest BCUT2D eigenvalue weighted by atomic mass is 9.97. The number of amides is 12. The van der Waals surface area contributed by atoms with E-state index in [1.807, 2.05) is 55.4 Å². The average Bonchev–Trinajstić information content (AvgIpc) is 3.25. The first-order valence-electron chi connectivity index (χ1n) is 24.7. The number of cyclic esters (lactones) is 2. The number of rotatable bonds is 11. The fraction of sp³-hybridized carbons (Fsp3) is 0.776. The number of hydrogen-bond donors (Lipinski definition) is 4. The average molecular weight is 1010 g/mol. The maximum Gasteiger partial charge on any atom is 0.417 e. The van der Waals surface area contributed by atoms with Crippen LogP contribution in [0, 0.1) is 35.5 Å². The normalized spacial score (nSPS) is 25.0. The lowest BCUT2D eigenvalue weighted by Crippen LogP contribution is -2.60. The third kappa shape index (κ3) is 19.0. The molecule has 0 aliphatic carbocycles. The third-order valence-corrected chi connectivity index (χ3v) is 12.2. The number of esters is 1. The number of carbonyl (C=O) groups is 11. The van der Waals surface area contributed by atoms with E-state index in [9.17, 15) is 52.7 Å². The van der Waals surface area contributed by atoms with Gasteiger partial charge in [0.15, 0.2) is 0 Å². The zero-order valence-corrected chi connectivity index (χ0v) is 45.8. The van der Waals surface area contributed by atoms with Crippen molar-refractivity contribution in [2.75, 3.05) is 48.8 Å². The van der Waals surface area contributed by atoms with E-state index >= 15 is 0 Å². The van der Waals surface area contributed by atoms with Gasteiger partial charge in [0.25, 0.3) is 5.91 Å². The molecule has 1 rings (SSSR count). The zero-order valence-electron chi connectivity index (χ0n) is 45.8. The number of carbonyl (C=O) groups excluding carboxylic acids is 11. The van der Waals surface area contributed by atoms with E-state index in [2.05, 4.69) is 21.3 Å². The number of ether oxygens (including phenoxy) is 1. The van der Waals surface area contributed by atoms with Gasteiger partial charge in [0.05, 0.1) is 0 Å². The summed E-state index contributed by atoms with van der Waals surface area (Å²) < 4.78 is 5.21. The van der Waals surface area contributed by atoms with E-state index in [1.54, 1.807) is 27.7 Å². The Morgan fingerprint density at radius 3 is 1.27 bits per heavy atom. The number of likely N-dealkylation sites (N-methyl/N-ethyl adjacent to an activating group) is 6. The van der Waals surface area contributed by atoms with Crippen molar-refractivity contribution in [1.82, 2.24) is 50.7 Å². The molecule has 7 atom stereocenters. The minimum Gasteiger partial charge on any atom is -0.375 e. The highest BCUT2D eigenvalue weighted by atomic mass is 16.6. The summed E-state index contributed by atoms with van der Waals surface area (Å²) in [7, 11) is 7.73. The van der Waals surface area contributed by atoms with Gasteiger partial charge in [-0.3, -0.25) is 48.7 Å². The maximum absolute atomic E-state index is 14.4. The molecule has 0 spiro atoms. The van der Waals surface area contributed by atoms with Crippen molar-refractivity contribution in [1.29, 1.82) is 0 Å². The van der Waals surface area contributed by atoms with Gasteiger partial charge in [-0.05, 0) is 74.5 Å². The van der Waals surface area contributed by atoms with Crippen LogP contribution in [-0.2, 0) is 43.1 Å². The number of urea groups is 2. The highest BCUT2D eigenvalue weighted by molar-refractivity contribution is 6.05. The quantitative estimate of drug-likeness (QED) is 0.172. The van der Waals surface area contributed by atoms with Crippen LogP contribution in [0.1, 0.15) is 122 Å². The largest absolute Gasteiger partial charge is 0.417 e. The molecule has 1 heterocycles. The van der Waals surface area contributed by atoms with Crippen LogP contribution in [0.25, 0.3) is 0 Å². The molecule has 1 aliphatic rings. The minimum absolute atomic E-state index is 0.0655. The fourth-order valence-electron chi connectivity index (χ4n) is 8.14. The number of nitrogens with zero attached hydrogens (tertiary/aromatic N) is 6. The topological polar surface area (TPSA) is 265 Å². The lowest BCUT2D eigenvalue weighted by molar-refractivity contribution is -0.147. The van der Waals surface area contributed by atoms with Gasteiger partial charge in [-0.1, -0.05) is 83.1 Å². The standard InChI is InChI=1S/C49H86N10O12/c1-26(2)20-33-43(64)56(16)36(23-29(7)8)40(61)50-32(13)46(67)71-49(70)57(17)37(24-30(9)10)42(63)52-34(21-27(3)4)44(65)58(18)39(31(11)12)45(66)59(19)48(69)53-47(68)54(14)25-38(60)55(15)35(22-28(5)6)41(62)51-33/h26-37,39H,20-25H2,1-19H3,(H,50,61)(H,51,62)(H,52,63)(H,53,68,69)/t32-,33-,34-,35+,36-,37-,39?/m1/s1. The first-order chi connectivity index (χ1) is 32.6. The molecule has 0 radical (unpaired) electrons. The number of nitrogens with one attached hydrogen (secondary N) is 4. The second-order valence-electron chi connectivity index (χ2n) is 21.4. The van der Waals surface area contributed by atoms with Gasteiger partial charge in [0.1, 0.15) is 48.8 Å². The molecule has 1 unspecified atom stereocenters. The second-order valence-corrected chi connectivity index (χ2v) is 21.4. The van der Waals surface area contributed by atoms with Crippen LogP contribution in [0.3, 0.4) is 0 Å². The second kappa shape index (κ2) is 28.3. The summed E-state index contributed by atoms with van der Waals surface area (Å²) in [5.74, 6) is -7.61. The van der Waals surface area contributed by atoms with Gasteiger partial charge >= 0.3 is 24.1 Å². The summed E-state index contributed by atoms with van der Waals surface area (Å²) >= 11 is 0. The molecular weight excluding hydrogens is 921 g/mol. The fourth-order valence-corrected chi connectivity index (χ4v) is 8.14. The number of imide groups is 2. The van der Waals surface area contributed by atoms with Crippen LogP contribution in [0.2, 0.25) is 0 Å². The Balaban J connectivity index is 4.00. The van der Waals surface area contributed by atoms with E-state index < -0.39 is 120 Å². The van der Waals surface area contributed by atoms with Gasteiger partial charge in [0.2, 0.25) is 35.4 Å². The first-order valence-corrected chi connectivity index (χ1v) is 24.7. The smallest absolute Gasteiger partial charge is 0.375 e. The molecule has 4 N–H and O–H groups in total. The van der Waals surface area contributed by atoms with Crippen LogP contribution in [0.15, 0.2) is 0 Å². The van der Waals surface area contributed by atoms with Crippen molar-refractivity contribution >= 4 is 65.5 Å². The predicted molar refractivity (Wildman–Crippen MR) is 266 cm³/mol. The van der Waals surface area contributed by atoms with Gasteiger partial charge in [-0.15, -0.1) is 0 Å². The highest BCUT2D eigenvalue weighted by Gasteiger charge is 2.41. The van der Waals surface area contributed by atoms with E-state index in [1.165, 1.54) is 47.1 Å². The van der Waals surface area contributed by atoms with E-state index in [0.717, 1.165) is 26.6 Å². The Kier molecular flexibility index (Phi) is 25.2. The Hall–Kier alpha value is -5.83. The van der Waals surface area contributed by atoms with Crippen molar-refractivity contribution in [3.8, 4) is 0 Å². The van der Waals surface area contributed by atoms with E-state index in [-0.39, 0.29) is 61.7 Å². The maximum atomic E-state index is 14.4. The Bertz CT molecular complexity index is 1920. The Labute approximate surface area is 421 Å². The van der Waals surface area contributed by atoms with Crippen molar-refractivity contribution in [3.05, 3.63) is 0 Å². The molecule has 0 bridgehead atoms. The van der Waals surface area contributed by atoms with Crippen LogP contribution < -0.4 is 21.3 Å². The van der Waals surface area contributed by atoms with Crippen molar-refractivity contribution < 1.29 is 57.5 Å². The molecular formula is C49H86N10O12. The summed E-state index contributed by atoms with van der Waals surface area (Å²) in [5, 5.41) is 10.2. The van der Waals surface area contributed by atoms with Crippen molar-refractivity contribution in [3.63, 3.8) is 0 Å². The molecule has 1 saturated heterocycles. The molecule has 0 aromatic heterocycles. The third-order valence-electron chi connectivity index (χ3n) is 12.2. The highest BCUT2D eigenvalue weighted by Crippen LogP contribution is 2.21. The molecule has 404 valence electrons. The molecule has 22 heteroatoms. The molecule has 22 nitrogen and oxygen atoms in total. The zero-order chi connectivity index (χ0) is 55.1. The van der Waals surface area contributed by atoms with Crippen LogP contribution in [0.4, 0.5) is 14.4 Å². The SMILES string of the molecule is CC(C)C[C@@H]1C(=O)N[C@H](CC(C)C)C(=O)N(C)C(C(C)C)C(=O)N(C)C(=O)NC(=O)N(C)CC(=O)N(C)[C@@H](CC(C)C)C(=O)N[C@H](CC(C)C)C(=O)N(C)[C@H](CC(C)C)C(=O)N[C@H](C)C(=O)OC(=O)N1C. The van der Waals surface area contributed by atoms with Gasteiger partial charge < -0.3 is 40.3 Å². The molecule has 1 aliphatic heterocycles. The Morgan fingerprint density at radius 2 is 0.859 bits per heavy atom. The van der Waals surface area contributed by atoms with Crippen molar-refractivity contribution in [2.24, 2.45) is 35.5 Å². The Morgan fingerprint density at radius 1 is 0.479 bits per heavy atom. The monoisotopic (exact) mass is 1010 g/mol. The van der Waals surface area contributed by atoms with Gasteiger partial charge in [0, 0.05) is 42.3 Å². The molecule has 1 fully saturated rings. The van der Waals surface area contributed by atoms with Crippen LogP contribution in [-0.4, -0.2) is 186 Å². The summed E-state index contributed by atoms with van der Waals surface area (Å²) in [6.45, 7) is 22.2. The van der Waals surface area contributed by atoms with E-state index in [4.69, 9.17) is 4.74 Å². The van der Waals surface area contributed by atoms with Crippen molar-refractivity contribution in [2.45, 2.75) is 164 Å². The first kappa shape index (κ1) is 63.2. The van der Waals surface area contributed by atoms with E-state index in [0.29, 0.717) is 4.90 Å². The summed E-state index contributed by atoms with van der Waals surface area (Å²) in [6.07, 6.45) is -0.643. The van der Waals surface area contributed by atoms with Crippen LogP contribution in [0.5, 0.6) is 0 Å². The predicted octanol–water partition coefficient (Wildman–Crippen LogP) is 3.03. The lowest BCUT2D eigenvalue weighted by Gasteiger charge is -2.36. The number of hydrogen-bond acceptors (Lipinski definition) is 12. The van der Waals surface area contributed by atoms with Gasteiger partial charge in [-0.2, -0.15) is 0 Å². The summed E-state index contributed by atoms with van der Waals surface area (Å²) in [5.41, 5.74) is 0. The molecule has 0 saturated carbocycles. The molecule has 12 amide bonds. The molecule has 0 aromatic rings. The molecule has 71 heavy (non-hydrogen) atoms.